The van der Waals surface area contributed by atoms with Crippen molar-refractivity contribution in [1.29, 1.82) is 0 Å². The monoisotopic (exact) mass is 419 g/mol. The number of benzene rings is 1. The van der Waals surface area contributed by atoms with Crippen LogP contribution in [-0.4, -0.2) is 53.4 Å². The summed E-state index contributed by atoms with van der Waals surface area (Å²) < 4.78 is 0. The first-order valence-electron chi connectivity index (χ1n) is 9.82. The maximum Gasteiger partial charge on any atom is 0.229 e. The summed E-state index contributed by atoms with van der Waals surface area (Å²) in [5, 5.41) is 4.06. The summed E-state index contributed by atoms with van der Waals surface area (Å²) in [7, 11) is 0. The van der Waals surface area contributed by atoms with Gasteiger partial charge in [0.1, 0.15) is 0 Å². The number of carbonyl (C=O) groups excluding carboxylic acids is 1. The molecule has 2 aromatic rings. The van der Waals surface area contributed by atoms with E-state index < -0.39 is 0 Å². The Kier molecular flexibility index (Phi) is 6.28. The highest BCUT2D eigenvalue weighted by atomic mass is 35.5. The van der Waals surface area contributed by atoms with Gasteiger partial charge in [-0.3, -0.25) is 15.1 Å². The van der Waals surface area contributed by atoms with Crippen LogP contribution in [0.2, 0.25) is 5.02 Å². The van der Waals surface area contributed by atoms with Crippen LogP contribution < -0.4 is 10.9 Å². The number of aromatic nitrogens is 1. The molecular weight excluding hydrogens is 394 g/mol. The molecule has 0 saturated carbocycles. The minimum atomic E-state index is -0.0987. The molecule has 1 amide bonds. The number of piperazine rings is 1. The zero-order valence-electron chi connectivity index (χ0n) is 16.0. The van der Waals surface area contributed by atoms with Gasteiger partial charge in [0.15, 0.2) is 0 Å². The molecule has 2 unspecified atom stereocenters. The molecule has 2 N–H and O–H groups in total. The normalized spacial score (nSPS) is 23.3. The summed E-state index contributed by atoms with van der Waals surface area (Å²) in [6.07, 6.45) is 0.991. The quantitative estimate of drug-likeness (QED) is 0.779. The number of rotatable bonds is 5. The Bertz CT molecular complexity index is 803. The fourth-order valence-corrected chi connectivity index (χ4v) is 4.75. The zero-order chi connectivity index (χ0) is 19.5. The highest BCUT2D eigenvalue weighted by Gasteiger charge is 2.37. The molecule has 6 nitrogen and oxygen atoms in total. The van der Waals surface area contributed by atoms with E-state index in [4.69, 9.17) is 11.6 Å². The van der Waals surface area contributed by atoms with Crippen LogP contribution in [-0.2, 0) is 17.8 Å². The largest absolute Gasteiger partial charge is 0.340 e. The maximum atomic E-state index is 13.1. The second kappa shape index (κ2) is 8.88. The van der Waals surface area contributed by atoms with E-state index in [-0.39, 0.29) is 17.9 Å². The number of nitrogens with zero attached hydrogens (tertiary/aromatic N) is 3. The van der Waals surface area contributed by atoms with Crippen molar-refractivity contribution in [1.82, 2.24) is 25.6 Å². The Morgan fingerprint density at radius 2 is 2.00 bits per heavy atom. The maximum absolute atomic E-state index is 13.1. The Morgan fingerprint density at radius 3 is 2.68 bits per heavy atom. The lowest BCUT2D eigenvalue weighted by Gasteiger charge is -2.36. The average molecular weight is 420 g/mol. The minimum Gasteiger partial charge on any atom is -0.340 e. The topological polar surface area (TPSA) is 60.5 Å². The second-order valence-electron chi connectivity index (χ2n) is 7.35. The second-order valence-corrected chi connectivity index (χ2v) is 8.73. The van der Waals surface area contributed by atoms with Crippen LogP contribution in [0.1, 0.15) is 29.2 Å². The molecule has 2 fully saturated rings. The highest BCUT2D eigenvalue weighted by Crippen LogP contribution is 2.28. The van der Waals surface area contributed by atoms with Crippen LogP contribution in [0.4, 0.5) is 0 Å². The standard InChI is InChI=1S/C20H26ClN5OS/c1-2-18-23-16(13-28-18)12-25-7-9-26(10-8-25)20(27)17-11-22-24-19(17)14-3-5-15(21)6-4-14/h3-6,13,17,19,22,24H,2,7-12H2,1H3. The van der Waals surface area contributed by atoms with Crippen LogP contribution in [0.3, 0.4) is 0 Å². The molecule has 1 aromatic carbocycles. The van der Waals surface area contributed by atoms with Crippen LogP contribution >= 0.6 is 22.9 Å². The van der Waals surface area contributed by atoms with Gasteiger partial charge in [-0.15, -0.1) is 11.3 Å². The lowest BCUT2D eigenvalue weighted by Crippen LogP contribution is -2.50. The van der Waals surface area contributed by atoms with Crippen molar-refractivity contribution in [3.63, 3.8) is 0 Å². The summed E-state index contributed by atoms with van der Waals surface area (Å²) in [6, 6.07) is 7.71. The summed E-state index contributed by atoms with van der Waals surface area (Å²) in [4.78, 5) is 22.2. The third-order valence-corrected chi connectivity index (χ3v) is 6.79. The number of amides is 1. The van der Waals surface area contributed by atoms with Crippen molar-refractivity contribution >= 4 is 28.8 Å². The van der Waals surface area contributed by atoms with Crippen molar-refractivity contribution < 1.29 is 4.79 Å². The Labute approximate surface area is 174 Å². The summed E-state index contributed by atoms with van der Waals surface area (Å²) >= 11 is 7.74. The Balaban J connectivity index is 1.33. The van der Waals surface area contributed by atoms with Gasteiger partial charge in [-0.2, -0.15) is 0 Å². The van der Waals surface area contributed by atoms with Crippen molar-refractivity contribution in [2.24, 2.45) is 5.92 Å². The molecule has 8 heteroatoms. The third-order valence-electron chi connectivity index (χ3n) is 5.50. The first kappa shape index (κ1) is 19.8. The van der Waals surface area contributed by atoms with Crippen molar-refractivity contribution in [3.8, 4) is 0 Å². The molecule has 2 saturated heterocycles. The van der Waals surface area contributed by atoms with E-state index in [0.717, 1.165) is 50.4 Å². The molecule has 0 radical (unpaired) electrons. The number of hydrogen-bond donors (Lipinski definition) is 2. The van der Waals surface area contributed by atoms with E-state index >= 15 is 0 Å². The average Bonchev–Trinajstić information content (AvgIpc) is 3.38. The van der Waals surface area contributed by atoms with Gasteiger partial charge in [0.05, 0.1) is 22.7 Å². The minimum absolute atomic E-state index is 0.0229. The van der Waals surface area contributed by atoms with E-state index in [1.54, 1.807) is 11.3 Å². The zero-order valence-corrected chi connectivity index (χ0v) is 17.6. The van der Waals surface area contributed by atoms with Crippen molar-refractivity contribution in [2.75, 3.05) is 32.7 Å². The van der Waals surface area contributed by atoms with Gasteiger partial charge in [-0.25, -0.2) is 10.4 Å². The van der Waals surface area contributed by atoms with Gasteiger partial charge in [0, 0.05) is 49.7 Å². The lowest BCUT2D eigenvalue weighted by molar-refractivity contribution is -0.137. The molecule has 4 rings (SSSR count). The lowest BCUT2D eigenvalue weighted by atomic mass is 9.93. The first-order chi connectivity index (χ1) is 13.6. The number of halogens is 1. The number of hydrogen-bond acceptors (Lipinski definition) is 6. The molecule has 0 bridgehead atoms. The number of aryl methyl sites for hydroxylation is 1. The highest BCUT2D eigenvalue weighted by molar-refractivity contribution is 7.09. The van der Waals surface area contributed by atoms with Gasteiger partial charge in [-0.05, 0) is 24.1 Å². The smallest absolute Gasteiger partial charge is 0.229 e. The summed E-state index contributed by atoms with van der Waals surface area (Å²) in [5.74, 6) is 0.123. The fraction of sp³-hybridized carbons (Fsp3) is 0.500. The van der Waals surface area contributed by atoms with Crippen molar-refractivity contribution in [3.05, 3.63) is 50.9 Å². The van der Waals surface area contributed by atoms with Crippen molar-refractivity contribution in [2.45, 2.75) is 25.9 Å². The van der Waals surface area contributed by atoms with Crippen LogP contribution in [0, 0.1) is 5.92 Å². The SMILES string of the molecule is CCc1nc(CN2CCN(C(=O)C3CNNC3c3ccc(Cl)cc3)CC2)cs1. The Hall–Kier alpha value is -1.51. The molecule has 0 spiro atoms. The number of nitrogens with one attached hydrogen (secondary N) is 2. The molecule has 3 heterocycles. The third kappa shape index (κ3) is 4.39. The van der Waals surface area contributed by atoms with E-state index in [2.05, 4.69) is 33.0 Å². The summed E-state index contributed by atoms with van der Waals surface area (Å²) in [6.45, 7) is 6.98. The molecular formula is C20H26ClN5OS. The predicted octanol–water partition coefficient (Wildman–Crippen LogP) is 2.47. The molecule has 2 aliphatic rings. The van der Waals surface area contributed by atoms with E-state index in [1.807, 2.05) is 29.2 Å². The molecule has 0 aliphatic carbocycles. The van der Waals surface area contributed by atoms with Gasteiger partial charge in [-0.1, -0.05) is 30.7 Å². The van der Waals surface area contributed by atoms with Gasteiger partial charge in [0.25, 0.3) is 0 Å². The fourth-order valence-electron chi connectivity index (χ4n) is 3.89. The molecule has 2 aliphatic heterocycles. The number of hydrazine groups is 1. The number of thiazole rings is 1. The first-order valence-corrected chi connectivity index (χ1v) is 11.1. The predicted molar refractivity (Wildman–Crippen MR) is 112 cm³/mol. The van der Waals surface area contributed by atoms with E-state index in [0.29, 0.717) is 11.6 Å². The molecule has 28 heavy (non-hydrogen) atoms. The van der Waals surface area contributed by atoms with E-state index in [9.17, 15) is 4.79 Å². The molecule has 150 valence electrons. The van der Waals surface area contributed by atoms with Crippen LogP contribution in [0.25, 0.3) is 0 Å². The van der Waals surface area contributed by atoms with Gasteiger partial charge >= 0.3 is 0 Å². The van der Waals surface area contributed by atoms with E-state index in [1.165, 1.54) is 5.01 Å². The summed E-state index contributed by atoms with van der Waals surface area (Å²) in [5.41, 5.74) is 8.64. The number of carbonyl (C=O) groups is 1. The van der Waals surface area contributed by atoms with Crippen LogP contribution in [0.5, 0.6) is 0 Å². The molecule has 2 atom stereocenters. The molecule has 1 aromatic heterocycles. The van der Waals surface area contributed by atoms with Crippen LogP contribution in [0.15, 0.2) is 29.6 Å². The van der Waals surface area contributed by atoms with Gasteiger partial charge in [0.2, 0.25) is 5.91 Å². The Morgan fingerprint density at radius 1 is 1.25 bits per heavy atom. The van der Waals surface area contributed by atoms with Gasteiger partial charge < -0.3 is 4.90 Å².